The van der Waals surface area contributed by atoms with Gasteiger partial charge in [-0.05, 0) is 19.1 Å². The summed E-state index contributed by atoms with van der Waals surface area (Å²) >= 11 is 0. The molecule has 0 aliphatic rings. The average Bonchev–Trinajstić information content (AvgIpc) is 2.27. The second-order valence-corrected chi connectivity index (χ2v) is 5.07. The third kappa shape index (κ3) is 3.24. The van der Waals surface area contributed by atoms with E-state index >= 15 is 0 Å². The van der Waals surface area contributed by atoms with Crippen molar-refractivity contribution in [1.82, 2.24) is 10.0 Å². The molecule has 1 rings (SSSR count). The van der Waals surface area contributed by atoms with Gasteiger partial charge in [0.2, 0.25) is 15.9 Å². The minimum atomic E-state index is -4.03. The predicted molar refractivity (Wildman–Crippen MR) is 60.3 cm³/mol. The van der Waals surface area contributed by atoms with Crippen LogP contribution in [0.25, 0.3) is 0 Å². The SMILES string of the molecule is CNC(=O)[C@@H](C)NS(=O)(=O)c1ccccc1F. The summed E-state index contributed by atoms with van der Waals surface area (Å²) in [4.78, 5) is 10.7. The molecule has 1 aromatic rings. The van der Waals surface area contributed by atoms with Gasteiger partial charge < -0.3 is 5.32 Å². The molecule has 0 heterocycles. The van der Waals surface area contributed by atoms with Crippen LogP contribution in [0.5, 0.6) is 0 Å². The van der Waals surface area contributed by atoms with Crippen molar-refractivity contribution in [1.29, 1.82) is 0 Å². The van der Waals surface area contributed by atoms with Gasteiger partial charge >= 0.3 is 0 Å². The molecule has 0 aliphatic heterocycles. The van der Waals surface area contributed by atoms with E-state index in [9.17, 15) is 17.6 Å². The van der Waals surface area contributed by atoms with E-state index < -0.39 is 32.7 Å². The first-order valence-corrected chi connectivity index (χ1v) is 6.35. The number of sulfonamides is 1. The number of rotatable bonds is 4. The molecule has 17 heavy (non-hydrogen) atoms. The summed E-state index contributed by atoms with van der Waals surface area (Å²) in [6.07, 6.45) is 0. The number of halogens is 1. The van der Waals surface area contributed by atoms with Crippen molar-refractivity contribution in [2.45, 2.75) is 17.9 Å². The number of carbonyl (C=O) groups excluding carboxylic acids is 1. The molecule has 7 heteroatoms. The Balaban J connectivity index is 2.98. The fraction of sp³-hybridized carbons (Fsp3) is 0.300. The average molecular weight is 260 g/mol. The molecule has 0 aliphatic carbocycles. The maximum Gasteiger partial charge on any atom is 0.244 e. The number of hydrogen-bond acceptors (Lipinski definition) is 3. The van der Waals surface area contributed by atoms with Crippen LogP contribution in [0.15, 0.2) is 29.2 Å². The number of hydrogen-bond donors (Lipinski definition) is 2. The van der Waals surface area contributed by atoms with Crippen molar-refractivity contribution < 1.29 is 17.6 Å². The Morgan fingerprint density at radius 2 is 1.94 bits per heavy atom. The Labute approximate surface area is 99.1 Å². The van der Waals surface area contributed by atoms with Crippen molar-refractivity contribution in [3.8, 4) is 0 Å². The third-order valence-electron chi connectivity index (χ3n) is 2.10. The smallest absolute Gasteiger partial charge is 0.244 e. The van der Waals surface area contributed by atoms with Crippen LogP contribution in [0, 0.1) is 5.82 Å². The van der Waals surface area contributed by atoms with Crippen molar-refractivity contribution >= 4 is 15.9 Å². The Morgan fingerprint density at radius 3 is 2.47 bits per heavy atom. The molecular weight excluding hydrogens is 247 g/mol. The van der Waals surface area contributed by atoms with Crippen LogP contribution < -0.4 is 10.0 Å². The van der Waals surface area contributed by atoms with Crippen molar-refractivity contribution in [2.24, 2.45) is 0 Å². The first-order valence-electron chi connectivity index (χ1n) is 4.87. The normalized spacial score (nSPS) is 13.1. The van der Waals surface area contributed by atoms with E-state index in [0.717, 1.165) is 12.1 Å². The topological polar surface area (TPSA) is 75.3 Å². The Bertz CT molecular complexity index is 516. The summed E-state index contributed by atoms with van der Waals surface area (Å²) < 4.78 is 38.9. The summed E-state index contributed by atoms with van der Waals surface area (Å²) in [5.74, 6) is -1.35. The monoisotopic (exact) mass is 260 g/mol. The lowest BCUT2D eigenvalue weighted by molar-refractivity contribution is -0.121. The van der Waals surface area contributed by atoms with Crippen LogP contribution >= 0.6 is 0 Å². The highest BCUT2D eigenvalue weighted by Gasteiger charge is 2.23. The molecule has 1 atom stereocenters. The molecule has 1 amide bonds. The zero-order valence-corrected chi connectivity index (χ0v) is 10.2. The second kappa shape index (κ2) is 5.24. The molecule has 0 unspecified atom stereocenters. The van der Waals surface area contributed by atoms with Crippen molar-refractivity contribution in [3.05, 3.63) is 30.1 Å². The molecule has 94 valence electrons. The minimum Gasteiger partial charge on any atom is -0.358 e. The fourth-order valence-electron chi connectivity index (χ4n) is 1.23. The highest BCUT2D eigenvalue weighted by atomic mass is 32.2. The molecule has 0 spiro atoms. The molecule has 0 fully saturated rings. The number of nitrogens with one attached hydrogen (secondary N) is 2. The largest absolute Gasteiger partial charge is 0.358 e. The number of amides is 1. The van der Waals surface area contributed by atoms with Crippen LogP contribution in [-0.2, 0) is 14.8 Å². The minimum absolute atomic E-state index is 0.476. The van der Waals surface area contributed by atoms with Crippen molar-refractivity contribution in [2.75, 3.05) is 7.05 Å². The van der Waals surface area contributed by atoms with Crippen LogP contribution in [0.3, 0.4) is 0 Å². The number of benzene rings is 1. The second-order valence-electron chi connectivity index (χ2n) is 3.39. The van der Waals surface area contributed by atoms with E-state index in [-0.39, 0.29) is 0 Å². The standard InChI is InChI=1S/C10H13FN2O3S/c1-7(10(14)12-2)13-17(15,16)9-6-4-3-5-8(9)11/h3-7,13H,1-2H3,(H,12,14)/t7-/m1/s1. The predicted octanol–water partition coefficient (Wildman–Crippen LogP) is 0.238. The van der Waals surface area contributed by atoms with Gasteiger partial charge in [0, 0.05) is 7.05 Å². The Kier molecular flexibility index (Phi) is 4.19. The molecule has 0 saturated heterocycles. The van der Waals surface area contributed by atoms with Gasteiger partial charge in [-0.1, -0.05) is 12.1 Å². The van der Waals surface area contributed by atoms with Gasteiger partial charge in [0.25, 0.3) is 0 Å². The molecule has 0 bridgehead atoms. The first-order chi connectivity index (χ1) is 7.88. The Morgan fingerprint density at radius 1 is 1.35 bits per heavy atom. The highest BCUT2D eigenvalue weighted by Crippen LogP contribution is 2.13. The molecule has 0 aromatic heterocycles. The molecule has 0 radical (unpaired) electrons. The van der Waals surface area contributed by atoms with Gasteiger partial charge in [0.05, 0.1) is 6.04 Å². The lowest BCUT2D eigenvalue weighted by atomic mass is 10.3. The summed E-state index contributed by atoms with van der Waals surface area (Å²) in [7, 11) is -2.65. The fourth-order valence-corrected chi connectivity index (χ4v) is 2.51. The number of likely N-dealkylation sites (N-methyl/N-ethyl adjacent to an activating group) is 1. The quantitative estimate of drug-likeness (QED) is 0.814. The third-order valence-corrected chi connectivity index (χ3v) is 3.67. The van der Waals surface area contributed by atoms with E-state index in [0.29, 0.717) is 0 Å². The van der Waals surface area contributed by atoms with Crippen LogP contribution in [0.1, 0.15) is 6.92 Å². The van der Waals surface area contributed by atoms with E-state index in [2.05, 4.69) is 10.0 Å². The summed E-state index contributed by atoms with van der Waals surface area (Å²) in [5, 5.41) is 2.29. The molecule has 0 saturated carbocycles. The van der Waals surface area contributed by atoms with Gasteiger partial charge in [-0.3, -0.25) is 4.79 Å². The van der Waals surface area contributed by atoms with Crippen LogP contribution in [0.4, 0.5) is 4.39 Å². The van der Waals surface area contributed by atoms with Crippen LogP contribution in [-0.4, -0.2) is 27.4 Å². The van der Waals surface area contributed by atoms with Crippen LogP contribution in [0.2, 0.25) is 0 Å². The molecular formula is C10H13FN2O3S. The maximum atomic E-state index is 13.3. The molecule has 5 nitrogen and oxygen atoms in total. The van der Waals surface area contributed by atoms with Gasteiger partial charge in [0.1, 0.15) is 10.7 Å². The first kappa shape index (κ1) is 13.6. The van der Waals surface area contributed by atoms with E-state index in [1.165, 1.54) is 26.1 Å². The van der Waals surface area contributed by atoms with E-state index in [1.807, 2.05) is 0 Å². The summed E-state index contributed by atoms with van der Waals surface area (Å²) in [6, 6.07) is 4.00. The lowest BCUT2D eigenvalue weighted by Crippen LogP contribution is -2.43. The molecule has 1 aromatic carbocycles. The van der Waals surface area contributed by atoms with Gasteiger partial charge in [-0.15, -0.1) is 0 Å². The Hall–Kier alpha value is -1.47. The zero-order chi connectivity index (χ0) is 13.1. The van der Waals surface area contributed by atoms with Gasteiger partial charge in [-0.2, -0.15) is 4.72 Å². The zero-order valence-electron chi connectivity index (χ0n) is 9.40. The molecule has 2 N–H and O–H groups in total. The highest BCUT2D eigenvalue weighted by molar-refractivity contribution is 7.89. The summed E-state index contributed by atoms with van der Waals surface area (Å²) in [6.45, 7) is 1.37. The van der Waals surface area contributed by atoms with E-state index in [1.54, 1.807) is 0 Å². The van der Waals surface area contributed by atoms with Crippen molar-refractivity contribution in [3.63, 3.8) is 0 Å². The summed E-state index contributed by atoms with van der Waals surface area (Å²) in [5.41, 5.74) is 0. The van der Waals surface area contributed by atoms with Gasteiger partial charge in [-0.25, -0.2) is 12.8 Å². The lowest BCUT2D eigenvalue weighted by Gasteiger charge is -2.13. The van der Waals surface area contributed by atoms with Gasteiger partial charge in [0.15, 0.2) is 0 Å². The maximum absolute atomic E-state index is 13.3. The van der Waals surface area contributed by atoms with E-state index in [4.69, 9.17) is 0 Å². The number of carbonyl (C=O) groups is 1.